The number of nitrogens with zero attached hydrogens (tertiary/aromatic N) is 1. The fourth-order valence-corrected chi connectivity index (χ4v) is 2.85. The van der Waals surface area contributed by atoms with Crippen molar-refractivity contribution in [1.29, 1.82) is 0 Å². The van der Waals surface area contributed by atoms with E-state index in [1.807, 2.05) is 69.3 Å². The number of nitrogens with one attached hydrogen (secondary N) is 1. The van der Waals surface area contributed by atoms with E-state index < -0.39 is 6.04 Å². The van der Waals surface area contributed by atoms with E-state index in [1.54, 1.807) is 11.8 Å². The molecule has 0 aromatic heterocycles. The van der Waals surface area contributed by atoms with E-state index in [2.05, 4.69) is 5.32 Å². The fraction of sp³-hybridized carbons (Fsp3) is 0.364. The molecule has 1 atom stereocenters. The lowest BCUT2D eigenvalue weighted by atomic mass is 10.1. The Labute approximate surface area is 161 Å². The van der Waals surface area contributed by atoms with Gasteiger partial charge in [-0.3, -0.25) is 9.59 Å². The van der Waals surface area contributed by atoms with Crippen LogP contribution in [0.3, 0.4) is 0 Å². The molecular formula is C22H28N2O3. The highest BCUT2D eigenvalue weighted by Crippen LogP contribution is 2.17. The van der Waals surface area contributed by atoms with Gasteiger partial charge in [-0.1, -0.05) is 48.0 Å². The van der Waals surface area contributed by atoms with E-state index in [1.165, 1.54) is 0 Å². The third kappa shape index (κ3) is 5.84. The van der Waals surface area contributed by atoms with Gasteiger partial charge >= 0.3 is 0 Å². The molecule has 0 radical (unpaired) electrons. The quantitative estimate of drug-likeness (QED) is 0.778. The molecule has 0 bridgehead atoms. The van der Waals surface area contributed by atoms with Crippen molar-refractivity contribution in [3.63, 3.8) is 0 Å². The van der Waals surface area contributed by atoms with Crippen LogP contribution in [-0.2, 0) is 16.1 Å². The molecule has 0 aliphatic rings. The second kappa shape index (κ2) is 9.76. The van der Waals surface area contributed by atoms with Crippen molar-refractivity contribution in [3.05, 3.63) is 65.2 Å². The summed E-state index contributed by atoms with van der Waals surface area (Å²) >= 11 is 0. The Morgan fingerprint density at radius 1 is 1.11 bits per heavy atom. The number of amides is 2. The van der Waals surface area contributed by atoms with Crippen LogP contribution in [0.1, 0.15) is 30.5 Å². The van der Waals surface area contributed by atoms with Crippen LogP contribution in [0.25, 0.3) is 0 Å². The molecule has 0 aliphatic carbocycles. The van der Waals surface area contributed by atoms with E-state index in [0.29, 0.717) is 18.8 Å². The van der Waals surface area contributed by atoms with Gasteiger partial charge in [0, 0.05) is 13.1 Å². The zero-order valence-electron chi connectivity index (χ0n) is 16.5. The summed E-state index contributed by atoms with van der Waals surface area (Å²) in [5.41, 5.74) is 3.06. The standard InChI is InChI=1S/C22H28N2O3/c1-5-23-22(26)18(4)24(14-19-11-8-9-16(2)13-19)21(25)15-27-20-12-7-6-10-17(20)3/h6-13,18H,5,14-15H2,1-4H3,(H,23,26)/t18-/m1/s1. The number of likely N-dealkylation sites (N-methyl/N-ethyl adjacent to an activating group) is 1. The summed E-state index contributed by atoms with van der Waals surface area (Å²) in [5, 5.41) is 2.79. The van der Waals surface area contributed by atoms with Crippen LogP contribution in [0, 0.1) is 13.8 Å². The first-order valence-corrected chi connectivity index (χ1v) is 9.23. The minimum Gasteiger partial charge on any atom is -0.484 e. The minimum absolute atomic E-state index is 0.111. The zero-order valence-corrected chi connectivity index (χ0v) is 16.5. The molecule has 0 unspecified atom stereocenters. The highest BCUT2D eigenvalue weighted by molar-refractivity contribution is 5.87. The lowest BCUT2D eigenvalue weighted by Gasteiger charge is -2.28. The number of ether oxygens (including phenoxy) is 1. The average molecular weight is 368 g/mol. The van der Waals surface area contributed by atoms with Crippen molar-refractivity contribution in [2.75, 3.05) is 13.2 Å². The van der Waals surface area contributed by atoms with Crippen molar-refractivity contribution in [2.45, 2.75) is 40.3 Å². The van der Waals surface area contributed by atoms with Crippen molar-refractivity contribution in [3.8, 4) is 5.75 Å². The van der Waals surface area contributed by atoms with Gasteiger partial charge in [0.15, 0.2) is 6.61 Å². The van der Waals surface area contributed by atoms with Crippen molar-refractivity contribution in [2.24, 2.45) is 0 Å². The number of benzene rings is 2. The molecule has 2 rings (SSSR count). The fourth-order valence-electron chi connectivity index (χ4n) is 2.85. The Bertz CT molecular complexity index is 789. The molecule has 27 heavy (non-hydrogen) atoms. The summed E-state index contributed by atoms with van der Waals surface area (Å²) in [6.45, 7) is 8.31. The first-order valence-electron chi connectivity index (χ1n) is 9.23. The van der Waals surface area contributed by atoms with E-state index in [9.17, 15) is 9.59 Å². The monoisotopic (exact) mass is 368 g/mol. The van der Waals surface area contributed by atoms with Crippen LogP contribution in [0.4, 0.5) is 0 Å². The highest BCUT2D eigenvalue weighted by atomic mass is 16.5. The summed E-state index contributed by atoms with van der Waals surface area (Å²) in [6.07, 6.45) is 0. The zero-order chi connectivity index (χ0) is 19.8. The van der Waals surface area contributed by atoms with Gasteiger partial charge in [-0.25, -0.2) is 0 Å². The molecule has 0 saturated heterocycles. The number of hydrogen-bond acceptors (Lipinski definition) is 3. The molecule has 5 nitrogen and oxygen atoms in total. The smallest absolute Gasteiger partial charge is 0.261 e. The number of aryl methyl sites for hydroxylation is 2. The maximum atomic E-state index is 12.9. The highest BCUT2D eigenvalue weighted by Gasteiger charge is 2.26. The SMILES string of the molecule is CCNC(=O)[C@@H](C)N(Cc1cccc(C)c1)C(=O)COc1ccccc1C. The van der Waals surface area contributed by atoms with E-state index in [0.717, 1.165) is 16.7 Å². The lowest BCUT2D eigenvalue weighted by molar-refractivity contribution is -0.142. The number of carbonyl (C=O) groups excluding carboxylic acids is 2. The summed E-state index contributed by atoms with van der Waals surface area (Å²) in [7, 11) is 0. The maximum Gasteiger partial charge on any atom is 0.261 e. The third-order valence-electron chi connectivity index (χ3n) is 4.40. The van der Waals surface area contributed by atoms with Gasteiger partial charge in [0.05, 0.1) is 0 Å². The summed E-state index contributed by atoms with van der Waals surface area (Å²) in [5.74, 6) is 0.278. The predicted molar refractivity (Wildman–Crippen MR) is 107 cm³/mol. The molecule has 1 N–H and O–H groups in total. The Morgan fingerprint density at radius 2 is 1.85 bits per heavy atom. The van der Waals surface area contributed by atoms with Crippen LogP contribution in [0.15, 0.2) is 48.5 Å². The lowest BCUT2D eigenvalue weighted by Crippen LogP contribution is -2.49. The second-order valence-corrected chi connectivity index (χ2v) is 6.64. The summed E-state index contributed by atoms with van der Waals surface area (Å²) < 4.78 is 5.71. The molecule has 144 valence electrons. The summed E-state index contributed by atoms with van der Waals surface area (Å²) in [6, 6.07) is 14.9. The average Bonchev–Trinajstić information content (AvgIpc) is 2.65. The van der Waals surface area contributed by atoms with Crippen LogP contribution in [0.2, 0.25) is 0 Å². The maximum absolute atomic E-state index is 12.9. The summed E-state index contributed by atoms with van der Waals surface area (Å²) in [4.78, 5) is 26.8. The van der Waals surface area contributed by atoms with Gasteiger partial charge < -0.3 is 15.0 Å². The Morgan fingerprint density at radius 3 is 2.52 bits per heavy atom. The molecule has 0 spiro atoms. The molecule has 0 aliphatic heterocycles. The molecule has 0 saturated carbocycles. The molecule has 2 aromatic rings. The topological polar surface area (TPSA) is 58.6 Å². The molecule has 2 aromatic carbocycles. The first-order chi connectivity index (χ1) is 12.9. The first kappa shape index (κ1) is 20.5. The van der Waals surface area contributed by atoms with Crippen molar-refractivity contribution < 1.29 is 14.3 Å². The van der Waals surface area contributed by atoms with Gasteiger partial charge in [0.25, 0.3) is 5.91 Å². The molecule has 5 heteroatoms. The molecular weight excluding hydrogens is 340 g/mol. The molecule has 0 heterocycles. The third-order valence-corrected chi connectivity index (χ3v) is 4.40. The minimum atomic E-state index is -0.585. The molecule has 0 fully saturated rings. The van der Waals surface area contributed by atoms with E-state index >= 15 is 0 Å². The van der Waals surface area contributed by atoms with E-state index in [-0.39, 0.29) is 18.4 Å². The normalized spacial score (nSPS) is 11.6. The number of hydrogen-bond donors (Lipinski definition) is 1. The Kier molecular flexibility index (Phi) is 7.41. The number of rotatable bonds is 8. The van der Waals surface area contributed by atoms with Crippen molar-refractivity contribution in [1.82, 2.24) is 10.2 Å². The van der Waals surface area contributed by atoms with Crippen LogP contribution in [0.5, 0.6) is 5.75 Å². The van der Waals surface area contributed by atoms with E-state index in [4.69, 9.17) is 4.74 Å². The van der Waals surface area contributed by atoms with Crippen LogP contribution >= 0.6 is 0 Å². The largest absolute Gasteiger partial charge is 0.484 e. The van der Waals surface area contributed by atoms with Gasteiger partial charge in [-0.15, -0.1) is 0 Å². The number of carbonyl (C=O) groups is 2. The Balaban J connectivity index is 2.15. The predicted octanol–water partition coefficient (Wildman–Crippen LogP) is 3.24. The Hall–Kier alpha value is -2.82. The van der Waals surface area contributed by atoms with Gasteiger partial charge in [-0.05, 0) is 44.9 Å². The second-order valence-electron chi connectivity index (χ2n) is 6.64. The van der Waals surface area contributed by atoms with Crippen LogP contribution < -0.4 is 10.1 Å². The number of para-hydroxylation sites is 1. The van der Waals surface area contributed by atoms with Gasteiger partial charge in [0.1, 0.15) is 11.8 Å². The van der Waals surface area contributed by atoms with Gasteiger partial charge in [-0.2, -0.15) is 0 Å². The van der Waals surface area contributed by atoms with Crippen molar-refractivity contribution >= 4 is 11.8 Å². The van der Waals surface area contributed by atoms with Crippen LogP contribution in [-0.4, -0.2) is 35.9 Å². The molecule has 2 amide bonds. The van der Waals surface area contributed by atoms with Gasteiger partial charge in [0.2, 0.25) is 5.91 Å².